The van der Waals surface area contributed by atoms with Crippen LogP contribution in [-0.4, -0.2) is 42.1 Å². The number of carbonyl (C=O) groups is 1. The largest absolute Gasteiger partial charge is 0.368 e. The highest BCUT2D eigenvalue weighted by Gasteiger charge is 2.19. The van der Waals surface area contributed by atoms with Crippen molar-refractivity contribution in [2.75, 3.05) is 41.3 Å². The summed E-state index contributed by atoms with van der Waals surface area (Å²) in [6.07, 6.45) is 3.14. The second-order valence-corrected chi connectivity index (χ2v) is 7.03. The van der Waals surface area contributed by atoms with Crippen molar-refractivity contribution in [3.05, 3.63) is 78.0 Å². The van der Waals surface area contributed by atoms with Gasteiger partial charge in [0.25, 0.3) is 5.91 Å². The lowest BCUT2D eigenvalue weighted by atomic mass is 10.2. The van der Waals surface area contributed by atoms with Crippen LogP contribution in [0, 0.1) is 12.7 Å². The Morgan fingerprint density at radius 2 is 1.69 bits per heavy atom. The van der Waals surface area contributed by atoms with E-state index in [1.807, 2.05) is 31.2 Å². The number of hydrogen-bond acceptors (Lipinski definition) is 5. The predicted molar refractivity (Wildman–Crippen MR) is 112 cm³/mol. The highest BCUT2D eigenvalue weighted by Crippen LogP contribution is 2.19. The number of amides is 1. The average molecular weight is 391 g/mol. The summed E-state index contributed by atoms with van der Waals surface area (Å²) < 4.78 is 13.1. The molecule has 1 amide bonds. The number of halogens is 1. The Morgan fingerprint density at radius 1 is 0.966 bits per heavy atom. The van der Waals surface area contributed by atoms with E-state index in [0.29, 0.717) is 0 Å². The van der Waals surface area contributed by atoms with E-state index in [1.165, 1.54) is 18.3 Å². The monoisotopic (exact) mass is 391 g/mol. The summed E-state index contributed by atoms with van der Waals surface area (Å²) >= 11 is 0. The summed E-state index contributed by atoms with van der Waals surface area (Å²) in [7, 11) is 0. The lowest BCUT2D eigenvalue weighted by Crippen LogP contribution is -2.46. The highest BCUT2D eigenvalue weighted by molar-refractivity contribution is 6.02. The first-order chi connectivity index (χ1) is 14.1. The second-order valence-electron chi connectivity index (χ2n) is 7.03. The molecule has 7 heteroatoms. The fourth-order valence-electron chi connectivity index (χ4n) is 3.37. The molecule has 0 spiro atoms. The number of nitrogens with one attached hydrogen (secondary N) is 1. The molecular weight excluding hydrogens is 369 g/mol. The van der Waals surface area contributed by atoms with Crippen molar-refractivity contribution in [3.63, 3.8) is 0 Å². The van der Waals surface area contributed by atoms with E-state index in [-0.39, 0.29) is 17.4 Å². The van der Waals surface area contributed by atoms with Gasteiger partial charge in [0.2, 0.25) is 0 Å². The highest BCUT2D eigenvalue weighted by atomic mass is 19.1. The summed E-state index contributed by atoms with van der Waals surface area (Å²) in [6.45, 7) is 5.15. The first-order valence-electron chi connectivity index (χ1n) is 9.54. The number of rotatable bonds is 4. The van der Waals surface area contributed by atoms with Gasteiger partial charge in [-0.3, -0.25) is 4.79 Å². The SMILES string of the molecule is Cc1cccc(NC(=O)c2cnc(N3CCN(c4ccc(F)cc4)CC3)cn2)c1. The summed E-state index contributed by atoms with van der Waals surface area (Å²) in [6, 6.07) is 14.2. The smallest absolute Gasteiger partial charge is 0.275 e. The molecule has 1 fully saturated rings. The summed E-state index contributed by atoms with van der Waals surface area (Å²) in [5.41, 5.74) is 3.10. The first kappa shape index (κ1) is 18.9. The van der Waals surface area contributed by atoms with Crippen LogP contribution in [-0.2, 0) is 0 Å². The van der Waals surface area contributed by atoms with Crippen LogP contribution >= 0.6 is 0 Å². The standard InChI is InChI=1S/C22H22FN5O/c1-16-3-2-4-18(13-16)26-22(29)20-14-25-21(15-24-20)28-11-9-27(10-12-28)19-7-5-17(23)6-8-19/h2-8,13-15H,9-12H2,1H3,(H,26,29). The minimum Gasteiger partial charge on any atom is -0.368 e. The maximum atomic E-state index is 13.1. The molecule has 2 heterocycles. The molecule has 0 atom stereocenters. The van der Waals surface area contributed by atoms with Crippen LogP contribution in [0.3, 0.4) is 0 Å². The number of aryl methyl sites for hydroxylation is 1. The topological polar surface area (TPSA) is 61.4 Å². The van der Waals surface area contributed by atoms with Crippen molar-refractivity contribution >= 4 is 23.1 Å². The van der Waals surface area contributed by atoms with Crippen LogP contribution in [0.4, 0.5) is 21.6 Å². The van der Waals surface area contributed by atoms with Crippen molar-refractivity contribution in [2.24, 2.45) is 0 Å². The quantitative estimate of drug-likeness (QED) is 0.738. The number of benzene rings is 2. The van der Waals surface area contributed by atoms with Crippen molar-refractivity contribution in [3.8, 4) is 0 Å². The van der Waals surface area contributed by atoms with Gasteiger partial charge in [-0.15, -0.1) is 0 Å². The lowest BCUT2D eigenvalue weighted by molar-refractivity contribution is 0.102. The Morgan fingerprint density at radius 3 is 2.34 bits per heavy atom. The number of aromatic nitrogens is 2. The Kier molecular flexibility index (Phi) is 5.37. The average Bonchev–Trinajstić information content (AvgIpc) is 2.75. The van der Waals surface area contributed by atoms with E-state index < -0.39 is 0 Å². The van der Waals surface area contributed by atoms with Crippen molar-refractivity contribution < 1.29 is 9.18 Å². The molecule has 0 aliphatic carbocycles. The molecule has 6 nitrogen and oxygen atoms in total. The normalized spacial score (nSPS) is 14.0. The number of hydrogen-bond donors (Lipinski definition) is 1. The molecule has 29 heavy (non-hydrogen) atoms. The van der Waals surface area contributed by atoms with Gasteiger partial charge >= 0.3 is 0 Å². The summed E-state index contributed by atoms with van der Waals surface area (Å²) in [5.74, 6) is 0.237. The van der Waals surface area contributed by atoms with Gasteiger partial charge in [0, 0.05) is 37.6 Å². The van der Waals surface area contributed by atoms with Crippen LogP contribution in [0.5, 0.6) is 0 Å². The molecule has 2 aromatic carbocycles. The van der Waals surface area contributed by atoms with Crippen LogP contribution in [0.25, 0.3) is 0 Å². The maximum Gasteiger partial charge on any atom is 0.275 e. The molecule has 4 rings (SSSR count). The Hall–Kier alpha value is -3.48. The Balaban J connectivity index is 1.36. The first-order valence-corrected chi connectivity index (χ1v) is 9.54. The van der Waals surface area contributed by atoms with Crippen LogP contribution in [0.1, 0.15) is 16.1 Å². The number of piperazine rings is 1. The zero-order chi connectivity index (χ0) is 20.2. The molecule has 1 N–H and O–H groups in total. The third kappa shape index (κ3) is 4.51. The molecule has 0 bridgehead atoms. The van der Waals surface area contributed by atoms with Crippen LogP contribution in [0.15, 0.2) is 60.9 Å². The minimum atomic E-state index is -0.282. The van der Waals surface area contributed by atoms with Gasteiger partial charge in [-0.05, 0) is 48.9 Å². The summed E-state index contributed by atoms with van der Waals surface area (Å²) in [5, 5.41) is 2.84. The summed E-state index contributed by atoms with van der Waals surface area (Å²) in [4.78, 5) is 25.4. The molecular formula is C22H22FN5O. The Bertz CT molecular complexity index is 983. The third-order valence-corrected chi connectivity index (χ3v) is 4.94. The number of anilines is 3. The maximum absolute atomic E-state index is 13.1. The predicted octanol–water partition coefficient (Wildman–Crippen LogP) is 3.50. The van der Waals surface area contributed by atoms with Crippen molar-refractivity contribution in [1.29, 1.82) is 0 Å². The van der Waals surface area contributed by atoms with Gasteiger partial charge in [-0.2, -0.15) is 0 Å². The number of carbonyl (C=O) groups excluding carboxylic acids is 1. The van der Waals surface area contributed by atoms with Gasteiger partial charge in [-0.1, -0.05) is 12.1 Å². The Labute approximate surface area is 169 Å². The van der Waals surface area contributed by atoms with Crippen LogP contribution in [0.2, 0.25) is 0 Å². The molecule has 1 aromatic heterocycles. The van der Waals surface area contributed by atoms with E-state index in [9.17, 15) is 9.18 Å². The molecule has 0 saturated carbocycles. The van der Waals surface area contributed by atoms with Gasteiger partial charge in [-0.25, -0.2) is 14.4 Å². The molecule has 0 radical (unpaired) electrons. The fraction of sp³-hybridized carbons (Fsp3) is 0.227. The molecule has 3 aromatic rings. The lowest BCUT2D eigenvalue weighted by Gasteiger charge is -2.36. The van der Waals surface area contributed by atoms with Gasteiger partial charge in [0.1, 0.15) is 17.3 Å². The van der Waals surface area contributed by atoms with E-state index in [2.05, 4.69) is 25.1 Å². The van der Waals surface area contributed by atoms with Crippen LogP contribution < -0.4 is 15.1 Å². The van der Waals surface area contributed by atoms with Gasteiger partial charge in [0.05, 0.1) is 12.4 Å². The molecule has 1 aliphatic rings. The molecule has 0 unspecified atom stereocenters. The fourth-order valence-corrected chi connectivity index (χ4v) is 3.37. The minimum absolute atomic E-state index is 0.228. The molecule has 1 saturated heterocycles. The molecule has 1 aliphatic heterocycles. The molecule has 148 valence electrons. The van der Waals surface area contributed by atoms with E-state index >= 15 is 0 Å². The van der Waals surface area contributed by atoms with Gasteiger partial charge < -0.3 is 15.1 Å². The van der Waals surface area contributed by atoms with Gasteiger partial charge in [0.15, 0.2) is 0 Å². The van der Waals surface area contributed by atoms with E-state index in [0.717, 1.165) is 48.9 Å². The third-order valence-electron chi connectivity index (χ3n) is 4.94. The zero-order valence-electron chi connectivity index (χ0n) is 16.2. The number of nitrogens with zero attached hydrogens (tertiary/aromatic N) is 4. The van der Waals surface area contributed by atoms with E-state index in [4.69, 9.17) is 0 Å². The zero-order valence-corrected chi connectivity index (χ0v) is 16.2. The van der Waals surface area contributed by atoms with Crippen molar-refractivity contribution in [2.45, 2.75) is 6.92 Å². The van der Waals surface area contributed by atoms with Crippen molar-refractivity contribution in [1.82, 2.24) is 9.97 Å². The van der Waals surface area contributed by atoms with E-state index in [1.54, 1.807) is 18.3 Å². The second kappa shape index (κ2) is 8.26.